The van der Waals surface area contributed by atoms with Crippen LogP contribution in [0.5, 0.6) is 0 Å². The molecule has 0 atom stereocenters. The molecule has 0 amide bonds. The van der Waals surface area contributed by atoms with Crippen molar-refractivity contribution in [1.29, 1.82) is 0 Å². The third-order valence-electron chi connectivity index (χ3n) is 3.64. The molecular formula is C18H37O. The summed E-state index contributed by atoms with van der Waals surface area (Å²) < 4.78 is 5.48. The average Bonchev–Trinajstić information content (AvgIpc) is 2.43. The fourth-order valence-electron chi connectivity index (χ4n) is 2.40. The van der Waals surface area contributed by atoms with E-state index in [4.69, 9.17) is 4.74 Å². The van der Waals surface area contributed by atoms with E-state index in [0.717, 1.165) is 26.1 Å². The topological polar surface area (TPSA) is 9.23 Å². The summed E-state index contributed by atoms with van der Waals surface area (Å²) in [5.74, 6) is 0. The fourth-order valence-corrected chi connectivity index (χ4v) is 2.40. The highest BCUT2D eigenvalue weighted by Gasteiger charge is 1.93. The molecule has 19 heavy (non-hydrogen) atoms. The van der Waals surface area contributed by atoms with Crippen LogP contribution in [-0.4, -0.2) is 13.2 Å². The molecule has 0 fully saturated rings. The minimum absolute atomic E-state index is 0.939. The average molecular weight is 269 g/mol. The first-order valence-corrected chi connectivity index (χ1v) is 8.78. The number of rotatable bonds is 16. The van der Waals surface area contributed by atoms with Gasteiger partial charge in [0.15, 0.2) is 0 Å². The van der Waals surface area contributed by atoms with Gasteiger partial charge in [0.1, 0.15) is 0 Å². The molecule has 0 aliphatic heterocycles. The minimum Gasteiger partial charge on any atom is -0.381 e. The maximum absolute atomic E-state index is 5.48. The Hall–Kier alpha value is -0.0400. The van der Waals surface area contributed by atoms with Gasteiger partial charge in [0.25, 0.3) is 0 Å². The maximum atomic E-state index is 5.48. The van der Waals surface area contributed by atoms with E-state index in [2.05, 4.69) is 13.8 Å². The molecule has 0 bridgehead atoms. The predicted molar refractivity (Wildman–Crippen MR) is 86.5 cm³/mol. The normalized spacial score (nSPS) is 11.1. The van der Waals surface area contributed by atoms with Gasteiger partial charge in [0.05, 0.1) is 0 Å². The highest BCUT2D eigenvalue weighted by molar-refractivity contribution is 4.49. The Bertz CT molecular complexity index is 129. The summed E-state index contributed by atoms with van der Waals surface area (Å²) in [6, 6.07) is 0. The monoisotopic (exact) mass is 269 g/mol. The Labute approximate surface area is 122 Å². The van der Waals surface area contributed by atoms with Gasteiger partial charge in [-0.05, 0) is 12.8 Å². The van der Waals surface area contributed by atoms with Gasteiger partial charge in [0.2, 0.25) is 0 Å². The lowest BCUT2D eigenvalue weighted by molar-refractivity contribution is 0.130. The van der Waals surface area contributed by atoms with Crippen LogP contribution in [0, 0.1) is 6.92 Å². The lowest BCUT2D eigenvalue weighted by atomic mass is 10.0. The second kappa shape index (κ2) is 18.0. The van der Waals surface area contributed by atoms with Crippen LogP contribution in [-0.2, 0) is 4.74 Å². The Morgan fingerprint density at radius 2 is 1.00 bits per heavy atom. The Morgan fingerprint density at radius 1 is 0.579 bits per heavy atom. The molecule has 0 spiro atoms. The van der Waals surface area contributed by atoms with Gasteiger partial charge < -0.3 is 4.74 Å². The lowest BCUT2D eigenvalue weighted by Crippen LogP contribution is -1.95. The molecule has 0 aliphatic rings. The van der Waals surface area contributed by atoms with E-state index in [9.17, 15) is 0 Å². The van der Waals surface area contributed by atoms with E-state index >= 15 is 0 Å². The maximum Gasteiger partial charge on any atom is 0.0466 e. The van der Waals surface area contributed by atoms with Crippen LogP contribution in [0.4, 0.5) is 0 Å². The van der Waals surface area contributed by atoms with E-state index in [1.54, 1.807) is 0 Å². The van der Waals surface area contributed by atoms with Gasteiger partial charge in [-0.25, -0.2) is 0 Å². The summed E-state index contributed by atoms with van der Waals surface area (Å²) in [6.07, 6.45) is 19.1. The second-order valence-corrected chi connectivity index (χ2v) is 5.71. The Kier molecular flexibility index (Phi) is 17.9. The summed E-state index contributed by atoms with van der Waals surface area (Å²) in [6.45, 7) is 7.96. The molecule has 0 saturated carbocycles. The molecule has 0 N–H and O–H groups in total. The van der Waals surface area contributed by atoms with Crippen LogP contribution < -0.4 is 0 Å². The minimum atomic E-state index is 0.939. The third kappa shape index (κ3) is 18.0. The van der Waals surface area contributed by atoms with Gasteiger partial charge in [-0.3, -0.25) is 0 Å². The second-order valence-electron chi connectivity index (χ2n) is 5.71. The van der Waals surface area contributed by atoms with Crippen molar-refractivity contribution < 1.29 is 4.74 Å². The number of ether oxygens (including phenoxy) is 1. The largest absolute Gasteiger partial charge is 0.381 e. The zero-order chi connectivity index (χ0) is 14.0. The SMILES string of the molecule is [CH2]CCCCCCCCCCCCCCOCCC. The molecule has 1 nitrogen and oxygen atoms in total. The first-order chi connectivity index (χ1) is 9.41. The van der Waals surface area contributed by atoms with E-state index in [1.165, 1.54) is 77.0 Å². The molecule has 1 radical (unpaired) electrons. The van der Waals surface area contributed by atoms with E-state index in [1.807, 2.05) is 0 Å². The first kappa shape index (κ1) is 19.0. The molecule has 0 saturated heterocycles. The zero-order valence-corrected chi connectivity index (χ0v) is 13.4. The molecule has 0 aromatic heterocycles. The van der Waals surface area contributed by atoms with E-state index in [0.29, 0.717) is 0 Å². The van der Waals surface area contributed by atoms with Gasteiger partial charge in [-0.15, -0.1) is 0 Å². The van der Waals surface area contributed by atoms with Crippen molar-refractivity contribution in [3.63, 3.8) is 0 Å². The van der Waals surface area contributed by atoms with Crippen molar-refractivity contribution in [1.82, 2.24) is 0 Å². The van der Waals surface area contributed by atoms with Crippen molar-refractivity contribution in [3.8, 4) is 0 Å². The fraction of sp³-hybridized carbons (Fsp3) is 0.944. The summed E-state index contributed by atoms with van der Waals surface area (Å²) in [5.41, 5.74) is 0. The number of hydrogen-bond donors (Lipinski definition) is 0. The summed E-state index contributed by atoms with van der Waals surface area (Å²) >= 11 is 0. The number of unbranched alkanes of at least 4 members (excludes halogenated alkanes) is 12. The van der Waals surface area contributed by atoms with Gasteiger partial charge in [0, 0.05) is 13.2 Å². The van der Waals surface area contributed by atoms with Gasteiger partial charge in [-0.2, -0.15) is 0 Å². The van der Waals surface area contributed by atoms with Crippen LogP contribution in [0.15, 0.2) is 0 Å². The van der Waals surface area contributed by atoms with Crippen LogP contribution in [0.3, 0.4) is 0 Å². The summed E-state index contributed by atoms with van der Waals surface area (Å²) in [5, 5.41) is 0. The molecule has 0 heterocycles. The molecule has 0 aromatic rings. The molecule has 0 aromatic carbocycles. The zero-order valence-electron chi connectivity index (χ0n) is 13.4. The van der Waals surface area contributed by atoms with Crippen molar-refractivity contribution in [2.24, 2.45) is 0 Å². The highest BCUT2D eigenvalue weighted by Crippen LogP contribution is 2.12. The van der Waals surface area contributed by atoms with Crippen LogP contribution >= 0.6 is 0 Å². The quantitative estimate of drug-likeness (QED) is 0.298. The predicted octanol–water partition coefficient (Wildman–Crippen LogP) is 6.32. The molecule has 0 aliphatic carbocycles. The molecule has 0 rings (SSSR count). The van der Waals surface area contributed by atoms with Crippen molar-refractivity contribution in [3.05, 3.63) is 6.92 Å². The summed E-state index contributed by atoms with van der Waals surface area (Å²) in [7, 11) is 0. The smallest absolute Gasteiger partial charge is 0.0466 e. The van der Waals surface area contributed by atoms with Crippen LogP contribution in [0.2, 0.25) is 0 Å². The van der Waals surface area contributed by atoms with Crippen molar-refractivity contribution in [2.45, 2.75) is 96.8 Å². The Balaban J connectivity index is 2.88. The molecular weight excluding hydrogens is 232 g/mol. The van der Waals surface area contributed by atoms with Crippen molar-refractivity contribution in [2.75, 3.05) is 13.2 Å². The van der Waals surface area contributed by atoms with Gasteiger partial charge >= 0.3 is 0 Å². The number of hydrogen-bond acceptors (Lipinski definition) is 1. The lowest BCUT2D eigenvalue weighted by Gasteiger charge is -2.03. The van der Waals surface area contributed by atoms with Crippen LogP contribution in [0.1, 0.15) is 96.8 Å². The summed E-state index contributed by atoms with van der Waals surface area (Å²) in [4.78, 5) is 0. The van der Waals surface area contributed by atoms with Crippen molar-refractivity contribution >= 4 is 0 Å². The molecule has 115 valence electrons. The molecule has 0 unspecified atom stereocenters. The highest BCUT2D eigenvalue weighted by atomic mass is 16.5. The van der Waals surface area contributed by atoms with E-state index in [-0.39, 0.29) is 0 Å². The standard InChI is InChI=1S/C18H37O/c1-3-5-6-7-8-9-10-11-12-13-14-15-16-18-19-17-4-2/h1,3-18H2,2H3. The van der Waals surface area contributed by atoms with Crippen LogP contribution in [0.25, 0.3) is 0 Å². The van der Waals surface area contributed by atoms with E-state index < -0.39 is 0 Å². The first-order valence-electron chi connectivity index (χ1n) is 8.78. The molecule has 1 heteroatoms. The Morgan fingerprint density at radius 3 is 1.42 bits per heavy atom. The van der Waals surface area contributed by atoms with Gasteiger partial charge in [-0.1, -0.05) is 90.9 Å². The third-order valence-corrected chi connectivity index (χ3v) is 3.64.